The van der Waals surface area contributed by atoms with Crippen molar-refractivity contribution in [3.8, 4) is 0 Å². The third kappa shape index (κ3) is 3.82. The van der Waals surface area contributed by atoms with Gasteiger partial charge in [0.1, 0.15) is 0 Å². The van der Waals surface area contributed by atoms with Gasteiger partial charge in [0.2, 0.25) is 0 Å². The predicted octanol–water partition coefficient (Wildman–Crippen LogP) is 5.14. The lowest BCUT2D eigenvalue weighted by Crippen LogP contribution is -2.24. The molecule has 0 aliphatic carbocycles. The van der Waals surface area contributed by atoms with Crippen molar-refractivity contribution in [3.05, 3.63) is 70.7 Å². The first kappa shape index (κ1) is 14.1. The Hall–Kier alpha value is -1.31. The number of hydrogen-bond acceptors (Lipinski definition) is 1. The van der Waals surface area contributed by atoms with E-state index in [4.69, 9.17) is 11.6 Å². The normalized spacial score (nSPS) is 14.1. The van der Waals surface area contributed by atoms with Crippen molar-refractivity contribution in [2.45, 2.75) is 32.4 Å². The summed E-state index contributed by atoms with van der Waals surface area (Å²) < 4.78 is 0. The summed E-state index contributed by atoms with van der Waals surface area (Å²) in [6.45, 7) is 4.40. The van der Waals surface area contributed by atoms with Crippen LogP contribution in [0.5, 0.6) is 0 Å². The molecule has 0 aliphatic rings. The number of nitrogens with one attached hydrogen (secondary N) is 1. The van der Waals surface area contributed by atoms with Crippen LogP contribution in [0.25, 0.3) is 0 Å². The second-order valence-electron chi connectivity index (χ2n) is 4.81. The molecule has 0 fully saturated rings. The largest absolute Gasteiger partial charge is 0.303 e. The minimum atomic E-state index is 0.335. The van der Waals surface area contributed by atoms with Crippen molar-refractivity contribution in [2.75, 3.05) is 0 Å². The molecule has 0 saturated heterocycles. The first-order valence-corrected chi connectivity index (χ1v) is 7.15. The number of halogens is 1. The van der Waals surface area contributed by atoms with Crippen molar-refractivity contribution in [1.82, 2.24) is 5.32 Å². The van der Waals surface area contributed by atoms with Gasteiger partial charge in [-0.3, -0.25) is 0 Å². The summed E-state index contributed by atoms with van der Waals surface area (Å²) in [4.78, 5) is 0. The molecule has 1 N–H and O–H groups in total. The van der Waals surface area contributed by atoms with E-state index in [1.807, 2.05) is 18.2 Å². The summed E-state index contributed by atoms with van der Waals surface area (Å²) in [5.74, 6) is 0. The quantitative estimate of drug-likeness (QED) is 0.795. The van der Waals surface area contributed by atoms with Crippen LogP contribution in [-0.4, -0.2) is 0 Å². The van der Waals surface area contributed by atoms with Gasteiger partial charge in [-0.2, -0.15) is 0 Å². The summed E-state index contributed by atoms with van der Waals surface area (Å²) in [6, 6.07) is 19.3. The smallest absolute Gasteiger partial charge is 0.0406 e. The molecule has 19 heavy (non-hydrogen) atoms. The van der Waals surface area contributed by atoms with E-state index >= 15 is 0 Å². The maximum absolute atomic E-state index is 5.94. The van der Waals surface area contributed by atoms with Crippen molar-refractivity contribution in [2.24, 2.45) is 0 Å². The molecule has 0 radical (unpaired) electrons. The minimum Gasteiger partial charge on any atom is -0.303 e. The lowest BCUT2D eigenvalue weighted by atomic mass is 10.0. The molecule has 100 valence electrons. The molecule has 0 bridgehead atoms. The molecule has 2 aromatic rings. The fraction of sp³-hybridized carbons (Fsp3) is 0.294. The predicted molar refractivity (Wildman–Crippen MR) is 82.5 cm³/mol. The molecule has 0 amide bonds. The molecule has 0 spiro atoms. The maximum atomic E-state index is 5.94. The first-order chi connectivity index (χ1) is 9.20. The molecule has 2 aromatic carbocycles. The Kier molecular flexibility index (Phi) is 5.00. The third-order valence-electron chi connectivity index (χ3n) is 3.43. The highest BCUT2D eigenvalue weighted by Gasteiger charge is 2.13. The molecular weight excluding hydrogens is 254 g/mol. The van der Waals surface area contributed by atoms with Crippen molar-refractivity contribution in [1.29, 1.82) is 0 Å². The van der Waals surface area contributed by atoms with E-state index in [1.165, 1.54) is 11.1 Å². The van der Waals surface area contributed by atoms with E-state index < -0.39 is 0 Å². The van der Waals surface area contributed by atoms with Crippen molar-refractivity contribution >= 4 is 11.6 Å². The van der Waals surface area contributed by atoms with E-state index in [2.05, 4.69) is 55.6 Å². The Morgan fingerprint density at radius 2 is 1.58 bits per heavy atom. The molecule has 2 rings (SSSR count). The van der Waals surface area contributed by atoms with Crippen LogP contribution in [0.1, 0.15) is 43.5 Å². The second kappa shape index (κ2) is 6.74. The van der Waals surface area contributed by atoms with Crippen LogP contribution >= 0.6 is 11.6 Å². The van der Waals surface area contributed by atoms with E-state index in [-0.39, 0.29) is 0 Å². The van der Waals surface area contributed by atoms with E-state index in [9.17, 15) is 0 Å². The van der Waals surface area contributed by atoms with Gasteiger partial charge in [-0.05, 0) is 36.6 Å². The van der Waals surface area contributed by atoms with Gasteiger partial charge in [-0.15, -0.1) is 0 Å². The topological polar surface area (TPSA) is 12.0 Å². The molecule has 2 unspecified atom stereocenters. The number of hydrogen-bond donors (Lipinski definition) is 1. The Labute approximate surface area is 120 Å². The van der Waals surface area contributed by atoms with Gasteiger partial charge >= 0.3 is 0 Å². The van der Waals surface area contributed by atoms with Gasteiger partial charge in [0.25, 0.3) is 0 Å². The zero-order valence-electron chi connectivity index (χ0n) is 11.4. The molecule has 0 aromatic heterocycles. The fourth-order valence-electron chi connectivity index (χ4n) is 2.28. The van der Waals surface area contributed by atoms with Crippen LogP contribution in [0.3, 0.4) is 0 Å². The van der Waals surface area contributed by atoms with Crippen molar-refractivity contribution < 1.29 is 0 Å². The highest BCUT2D eigenvalue weighted by molar-refractivity contribution is 6.30. The van der Waals surface area contributed by atoms with Crippen molar-refractivity contribution in [3.63, 3.8) is 0 Å². The monoisotopic (exact) mass is 273 g/mol. The van der Waals surface area contributed by atoms with Gasteiger partial charge in [0.05, 0.1) is 0 Å². The van der Waals surface area contributed by atoms with Crippen LogP contribution in [0.4, 0.5) is 0 Å². The first-order valence-electron chi connectivity index (χ1n) is 6.77. The summed E-state index contributed by atoms with van der Waals surface area (Å²) in [5, 5.41) is 4.46. The number of benzene rings is 2. The maximum Gasteiger partial charge on any atom is 0.0406 e. The van der Waals surface area contributed by atoms with E-state index in [0.717, 1.165) is 11.4 Å². The van der Waals surface area contributed by atoms with E-state index in [1.54, 1.807) is 0 Å². The average Bonchev–Trinajstić information content (AvgIpc) is 2.46. The molecule has 2 atom stereocenters. The van der Waals surface area contributed by atoms with Gasteiger partial charge in [-0.1, -0.05) is 61.0 Å². The Morgan fingerprint density at radius 1 is 0.947 bits per heavy atom. The average molecular weight is 274 g/mol. The highest BCUT2D eigenvalue weighted by atomic mass is 35.5. The fourth-order valence-corrected chi connectivity index (χ4v) is 2.41. The number of rotatable bonds is 5. The lowest BCUT2D eigenvalue weighted by molar-refractivity contribution is 0.456. The Bertz CT molecular complexity index is 492. The van der Waals surface area contributed by atoms with Crippen LogP contribution in [0.2, 0.25) is 5.02 Å². The van der Waals surface area contributed by atoms with Gasteiger partial charge in [0, 0.05) is 17.1 Å². The summed E-state index contributed by atoms with van der Waals surface area (Å²) in [6.07, 6.45) is 1.05. The zero-order chi connectivity index (χ0) is 13.7. The lowest BCUT2D eigenvalue weighted by Gasteiger charge is -2.23. The Balaban J connectivity index is 2.09. The molecule has 0 heterocycles. The summed E-state index contributed by atoms with van der Waals surface area (Å²) in [5.41, 5.74) is 2.60. The molecular formula is C17H20ClN. The molecule has 0 saturated carbocycles. The second-order valence-corrected chi connectivity index (χ2v) is 5.25. The third-order valence-corrected chi connectivity index (χ3v) is 3.68. The van der Waals surface area contributed by atoms with Crippen LogP contribution < -0.4 is 5.32 Å². The van der Waals surface area contributed by atoms with Crippen LogP contribution in [0, 0.1) is 0 Å². The standard InChI is InChI=1S/C17H20ClN/c1-3-17(15-9-11-16(18)12-10-15)19-13(2)14-7-5-4-6-8-14/h4-13,17,19H,3H2,1-2H3. The van der Waals surface area contributed by atoms with Gasteiger partial charge in [0.15, 0.2) is 0 Å². The Morgan fingerprint density at radius 3 is 2.16 bits per heavy atom. The van der Waals surface area contributed by atoms with Crippen LogP contribution in [-0.2, 0) is 0 Å². The zero-order valence-corrected chi connectivity index (χ0v) is 12.2. The summed E-state index contributed by atoms with van der Waals surface area (Å²) in [7, 11) is 0. The molecule has 1 nitrogen and oxygen atoms in total. The molecule has 2 heteroatoms. The van der Waals surface area contributed by atoms with Gasteiger partial charge in [-0.25, -0.2) is 0 Å². The minimum absolute atomic E-state index is 0.335. The van der Waals surface area contributed by atoms with E-state index in [0.29, 0.717) is 12.1 Å². The molecule has 0 aliphatic heterocycles. The summed E-state index contributed by atoms with van der Waals surface area (Å²) >= 11 is 5.94. The SMILES string of the molecule is CCC(NC(C)c1ccccc1)c1ccc(Cl)cc1. The highest BCUT2D eigenvalue weighted by Crippen LogP contribution is 2.23. The van der Waals surface area contributed by atoms with Crippen LogP contribution in [0.15, 0.2) is 54.6 Å². The van der Waals surface area contributed by atoms with Gasteiger partial charge < -0.3 is 5.32 Å².